The highest BCUT2D eigenvalue weighted by atomic mass is 35.5. The third-order valence-corrected chi connectivity index (χ3v) is 6.28. The van der Waals surface area contributed by atoms with Crippen molar-refractivity contribution >= 4 is 48.2 Å². The lowest BCUT2D eigenvalue weighted by molar-refractivity contribution is 0.168. The molecule has 2 aliphatic rings. The Morgan fingerprint density at radius 2 is 1.06 bits per heavy atom. The molecule has 2 aliphatic heterocycles. The van der Waals surface area contributed by atoms with E-state index in [1.165, 1.54) is 19.3 Å². The predicted octanol–water partition coefficient (Wildman–Crippen LogP) is 2.92. The minimum Gasteiger partial charge on any atom is -0.379 e. The number of rotatable bonds is 8. The van der Waals surface area contributed by atoms with Gasteiger partial charge in [0.2, 0.25) is 0 Å². The zero-order valence-electron chi connectivity index (χ0n) is 21.8. The summed E-state index contributed by atoms with van der Waals surface area (Å²) in [5.41, 5.74) is 11.9. The molecule has 0 aromatic heterocycles. The summed E-state index contributed by atoms with van der Waals surface area (Å²) in [6, 6.07) is 0.355. The fourth-order valence-electron chi connectivity index (χ4n) is 4.44. The van der Waals surface area contributed by atoms with E-state index >= 15 is 0 Å². The van der Waals surface area contributed by atoms with Crippen LogP contribution in [0.25, 0.3) is 0 Å². The van der Waals surface area contributed by atoms with Crippen LogP contribution < -0.4 is 22.1 Å². The zero-order valence-corrected chi connectivity index (χ0v) is 23.5. The molecule has 0 amide bonds. The van der Waals surface area contributed by atoms with Crippen molar-refractivity contribution in [3.63, 3.8) is 0 Å². The van der Waals surface area contributed by atoms with E-state index in [-0.39, 0.29) is 60.2 Å². The van der Waals surface area contributed by atoms with Crippen LogP contribution in [-0.4, -0.2) is 71.6 Å². The van der Waals surface area contributed by atoms with Crippen LogP contribution >= 0.6 is 24.8 Å². The lowest BCUT2D eigenvalue weighted by Gasteiger charge is -2.32. The Hall–Kier alpha value is -1.94. The second-order valence-corrected chi connectivity index (χ2v) is 10.0. The van der Waals surface area contributed by atoms with Crippen LogP contribution in [0.2, 0.25) is 0 Å². The summed E-state index contributed by atoms with van der Waals surface area (Å²) in [6.45, 7) is 11.6. The van der Waals surface area contributed by atoms with Gasteiger partial charge in [0, 0.05) is 38.3 Å². The molecule has 0 aliphatic carbocycles. The molecule has 2 heterocycles. The van der Waals surface area contributed by atoms with Gasteiger partial charge in [-0.05, 0) is 65.2 Å². The predicted molar refractivity (Wildman–Crippen MR) is 152 cm³/mol. The fraction of sp³-hybridized carbons (Fsp3) is 0.826. The van der Waals surface area contributed by atoms with Gasteiger partial charge in [0.05, 0.1) is 0 Å². The molecular weight excluding hydrogens is 487 g/mol. The highest BCUT2D eigenvalue weighted by molar-refractivity contribution is 6.38. The summed E-state index contributed by atoms with van der Waals surface area (Å²) >= 11 is 0. The molecule has 0 aromatic rings. The summed E-state index contributed by atoms with van der Waals surface area (Å²) < 4.78 is 0. The number of nitrogens with one attached hydrogen (secondary N) is 4. The molecule has 0 aromatic carbocycles. The van der Waals surface area contributed by atoms with E-state index in [1.807, 2.05) is 37.7 Å². The topological polar surface area (TPSA) is 155 Å². The largest absolute Gasteiger partial charge is 0.379 e. The maximum absolute atomic E-state index is 7.94. The Balaban J connectivity index is 0.00000578. The van der Waals surface area contributed by atoms with Gasteiger partial charge in [-0.1, -0.05) is 19.3 Å². The monoisotopic (exact) mass is 534 g/mol. The molecule has 0 radical (unpaired) electrons. The molecule has 0 spiro atoms. The second kappa shape index (κ2) is 16.7. The van der Waals surface area contributed by atoms with Crippen LogP contribution in [-0.2, 0) is 0 Å². The molecular formula is C23H48Cl2N10. The first kappa shape index (κ1) is 33.1. The van der Waals surface area contributed by atoms with E-state index in [9.17, 15) is 0 Å². The number of nitrogens with zero attached hydrogens (tertiary/aromatic N) is 4. The van der Waals surface area contributed by atoms with E-state index in [4.69, 9.17) is 22.3 Å². The molecule has 8 N–H and O–H groups in total. The van der Waals surface area contributed by atoms with Gasteiger partial charge in [-0.15, -0.1) is 24.8 Å². The van der Waals surface area contributed by atoms with Gasteiger partial charge in [0.15, 0.2) is 23.3 Å². The first-order chi connectivity index (χ1) is 15.6. The Kier molecular flexibility index (Phi) is 15.8. The van der Waals surface area contributed by atoms with Gasteiger partial charge in [0.25, 0.3) is 0 Å². The lowest BCUT2D eigenvalue weighted by atomic mass is 9.87. The smallest absolute Gasteiger partial charge is 0.185 e. The Morgan fingerprint density at radius 1 is 0.743 bits per heavy atom. The first-order valence-electron chi connectivity index (χ1n) is 12.5. The maximum atomic E-state index is 7.94. The van der Waals surface area contributed by atoms with Gasteiger partial charge >= 0.3 is 0 Å². The number of hydrogen-bond acceptors (Lipinski definition) is 6. The number of hydrazone groups is 2. The number of amidine groups is 4. The van der Waals surface area contributed by atoms with E-state index in [0.717, 1.165) is 63.7 Å². The fourth-order valence-corrected chi connectivity index (χ4v) is 4.44. The van der Waals surface area contributed by atoms with E-state index < -0.39 is 0 Å². The Morgan fingerprint density at radius 3 is 1.34 bits per heavy atom. The molecule has 2 rings (SSSR count). The number of piperidine rings is 2. The van der Waals surface area contributed by atoms with Crippen molar-refractivity contribution in [3.05, 3.63) is 0 Å². The summed E-state index contributed by atoms with van der Waals surface area (Å²) in [7, 11) is 0. The van der Waals surface area contributed by atoms with Crippen molar-refractivity contribution < 1.29 is 0 Å². The molecule has 10 nitrogen and oxygen atoms in total. The van der Waals surface area contributed by atoms with Crippen LogP contribution in [0.4, 0.5) is 0 Å². The standard InChI is InChI=1S/C23H46N10.2ClH/c1-16(2)28-20(24)22(26)30-32-12-8-18(9-13-32)6-5-7-19-10-14-33(15-11-19)31-23(27)21(25)29-17(3)4;;/h16-19H,5-15H2,1-4H3,(H2,24,28)(H2,25,29)(H2,26,30)(H2,27,31);2*1H. The van der Waals surface area contributed by atoms with E-state index in [2.05, 4.69) is 20.8 Å². The molecule has 35 heavy (non-hydrogen) atoms. The maximum Gasteiger partial charge on any atom is 0.185 e. The highest BCUT2D eigenvalue weighted by Gasteiger charge is 2.22. The third kappa shape index (κ3) is 12.5. The van der Waals surface area contributed by atoms with Gasteiger partial charge < -0.3 is 22.1 Å². The van der Waals surface area contributed by atoms with Crippen molar-refractivity contribution in [1.82, 2.24) is 20.7 Å². The molecule has 12 heteroatoms. The average molecular weight is 536 g/mol. The normalized spacial score (nSPS) is 18.2. The van der Waals surface area contributed by atoms with Crippen LogP contribution in [0.5, 0.6) is 0 Å². The molecule has 0 bridgehead atoms. The number of nitrogens with two attached hydrogens (primary N) is 2. The van der Waals surface area contributed by atoms with E-state index in [0.29, 0.717) is 0 Å². The second-order valence-electron chi connectivity index (χ2n) is 10.0. The van der Waals surface area contributed by atoms with Gasteiger partial charge in [0.1, 0.15) is 0 Å². The van der Waals surface area contributed by atoms with Gasteiger partial charge in [-0.2, -0.15) is 10.2 Å². The van der Waals surface area contributed by atoms with Crippen molar-refractivity contribution in [3.8, 4) is 0 Å². The zero-order chi connectivity index (χ0) is 24.4. The van der Waals surface area contributed by atoms with Crippen LogP contribution in [0, 0.1) is 22.7 Å². The van der Waals surface area contributed by atoms with Crippen molar-refractivity contribution in [2.75, 3.05) is 26.2 Å². The molecule has 0 atom stereocenters. The molecule has 204 valence electrons. The third-order valence-electron chi connectivity index (χ3n) is 6.28. The molecule has 2 saturated heterocycles. The SMILES string of the molecule is CC(C)NC(=N)C(N)=NN1CCC(CCCC2CCN(N=C(N)C(=N)NC(C)C)CC2)CC1.Cl.Cl. The van der Waals surface area contributed by atoms with Crippen LogP contribution in [0.15, 0.2) is 10.2 Å². The summed E-state index contributed by atoms with van der Waals surface area (Å²) in [5.74, 6) is 2.47. The molecule has 0 unspecified atom stereocenters. The van der Waals surface area contributed by atoms with Crippen LogP contribution in [0.3, 0.4) is 0 Å². The average Bonchev–Trinajstić information content (AvgIpc) is 2.75. The molecule has 2 fully saturated rings. The highest BCUT2D eigenvalue weighted by Crippen LogP contribution is 2.27. The van der Waals surface area contributed by atoms with Gasteiger partial charge in [-0.25, -0.2) is 0 Å². The quantitative estimate of drug-likeness (QED) is 0.207. The Bertz CT molecular complexity index is 636. The van der Waals surface area contributed by atoms with Crippen molar-refractivity contribution in [2.45, 2.75) is 84.7 Å². The van der Waals surface area contributed by atoms with E-state index in [1.54, 1.807) is 0 Å². The minimum atomic E-state index is 0. The summed E-state index contributed by atoms with van der Waals surface area (Å²) in [4.78, 5) is 0. The van der Waals surface area contributed by atoms with Gasteiger partial charge in [-0.3, -0.25) is 20.8 Å². The van der Waals surface area contributed by atoms with Crippen molar-refractivity contribution in [2.24, 2.45) is 33.5 Å². The molecule has 0 saturated carbocycles. The number of hydrogen-bond donors (Lipinski definition) is 6. The first-order valence-corrected chi connectivity index (χ1v) is 12.5. The van der Waals surface area contributed by atoms with Crippen LogP contribution in [0.1, 0.15) is 72.6 Å². The number of halogens is 2. The Labute approximate surface area is 223 Å². The van der Waals surface area contributed by atoms with Crippen molar-refractivity contribution in [1.29, 1.82) is 10.8 Å². The minimum absolute atomic E-state index is 0. The summed E-state index contributed by atoms with van der Waals surface area (Å²) in [5, 5.41) is 34.8. The summed E-state index contributed by atoms with van der Waals surface area (Å²) in [6.07, 6.45) is 8.41. The lowest BCUT2D eigenvalue weighted by Crippen LogP contribution is -2.42.